The molecule has 0 fully saturated rings. The van der Waals surface area contributed by atoms with Crippen molar-refractivity contribution in [1.29, 1.82) is 0 Å². The summed E-state index contributed by atoms with van der Waals surface area (Å²) >= 11 is 0. The lowest BCUT2D eigenvalue weighted by Crippen LogP contribution is -1.98. The van der Waals surface area contributed by atoms with Crippen LogP contribution in [0.3, 0.4) is 0 Å². The predicted molar refractivity (Wildman–Crippen MR) is 79.4 cm³/mol. The largest absolute Gasteiger partial charge is 0.304 e. The molecule has 0 saturated heterocycles. The average molecular weight is 275 g/mol. The van der Waals surface area contributed by atoms with Gasteiger partial charge in [0.1, 0.15) is 18.3 Å². The molecular weight excluding hydrogens is 262 g/mol. The average Bonchev–Trinajstić information content (AvgIpc) is 3.18. The summed E-state index contributed by atoms with van der Waals surface area (Å²) in [6, 6.07) is 14.4. The van der Waals surface area contributed by atoms with Gasteiger partial charge in [0.25, 0.3) is 0 Å². The minimum Gasteiger partial charge on any atom is -0.304 e. The van der Waals surface area contributed by atoms with Crippen molar-refractivity contribution < 1.29 is 0 Å². The van der Waals surface area contributed by atoms with Crippen LogP contribution in [-0.2, 0) is 6.42 Å². The molecule has 102 valence electrons. The van der Waals surface area contributed by atoms with Gasteiger partial charge in [-0.1, -0.05) is 30.3 Å². The summed E-state index contributed by atoms with van der Waals surface area (Å²) in [5.74, 6) is 0. The summed E-state index contributed by atoms with van der Waals surface area (Å²) in [7, 11) is 0. The molecule has 5 heteroatoms. The molecule has 0 N–H and O–H groups in total. The van der Waals surface area contributed by atoms with Crippen molar-refractivity contribution in [1.82, 2.24) is 24.1 Å². The normalized spacial score (nSPS) is 11.0. The van der Waals surface area contributed by atoms with Gasteiger partial charge in [-0.3, -0.25) is 0 Å². The predicted octanol–water partition coefficient (Wildman–Crippen LogP) is 2.51. The van der Waals surface area contributed by atoms with Crippen molar-refractivity contribution in [3.8, 4) is 5.69 Å². The Balaban J connectivity index is 1.72. The first-order chi connectivity index (χ1) is 10.4. The van der Waals surface area contributed by atoms with Crippen molar-refractivity contribution in [3.63, 3.8) is 0 Å². The van der Waals surface area contributed by atoms with Gasteiger partial charge < -0.3 is 4.40 Å². The van der Waals surface area contributed by atoms with Crippen molar-refractivity contribution in [2.24, 2.45) is 0 Å². The Morgan fingerprint density at radius 1 is 1.05 bits per heavy atom. The highest BCUT2D eigenvalue weighted by Gasteiger charge is 2.06. The maximum atomic E-state index is 4.49. The molecule has 0 bridgehead atoms. The number of pyridine rings is 1. The third-order valence-electron chi connectivity index (χ3n) is 3.48. The van der Waals surface area contributed by atoms with E-state index >= 15 is 0 Å². The highest BCUT2D eigenvalue weighted by Crippen LogP contribution is 2.15. The van der Waals surface area contributed by atoms with Gasteiger partial charge in [0, 0.05) is 30.6 Å². The zero-order chi connectivity index (χ0) is 14.1. The van der Waals surface area contributed by atoms with E-state index in [1.807, 2.05) is 30.6 Å². The summed E-state index contributed by atoms with van der Waals surface area (Å²) in [4.78, 5) is 8.45. The molecule has 4 rings (SSSR count). The summed E-state index contributed by atoms with van der Waals surface area (Å²) < 4.78 is 3.83. The first kappa shape index (κ1) is 11.8. The van der Waals surface area contributed by atoms with Crippen molar-refractivity contribution >= 4 is 5.65 Å². The molecule has 0 aliphatic heterocycles. The first-order valence-electron chi connectivity index (χ1n) is 6.75. The minimum absolute atomic E-state index is 0.866. The van der Waals surface area contributed by atoms with Crippen molar-refractivity contribution in [2.75, 3.05) is 0 Å². The number of imidazole rings is 1. The van der Waals surface area contributed by atoms with Crippen LogP contribution in [-0.4, -0.2) is 24.1 Å². The van der Waals surface area contributed by atoms with Crippen molar-refractivity contribution in [3.05, 3.63) is 78.8 Å². The summed E-state index contributed by atoms with van der Waals surface area (Å²) in [5.41, 5.74) is 4.31. The molecule has 4 aromatic rings. The number of benzene rings is 1. The minimum atomic E-state index is 0.866. The standard InChI is InChI=1S/C16H13N5/c1-2-4-13(5-3-1)8-15-10-18-16-9-14(6-7-20(15)16)21-12-17-11-19-21/h1-7,9-12H,8H2. The van der Waals surface area contributed by atoms with E-state index in [0.29, 0.717) is 0 Å². The van der Waals surface area contributed by atoms with E-state index in [-0.39, 0.29) is 0 Å². The Morgan fingerprint density at radius 3 is 2.76 bits per heavy atom. The maximum absolute atomic E-state index is 4.49. The highest BCUT2D eigenvalue weighted by molar-refractivity contribution is 5.49. The molecule has 0 spiro atoms. The fourth-order valence-electron chi connectivity index (χ4n) is 2.44. The van der Waals surface area contributed by atoms with Gasteiger partial charge in [0.05, 0.1) is 5.69 Å². The van der Waals surface area contributed by atoms with Crippen LogP contribution in [0.1, 0.15) is 11.3 Å². The molecule has 0 atom stereocenters. The van der Waals surface area contributed by atoms with Gasteiger partial charge in [0.2, 0.25) is 0 Å². The lowest BCUT2D eigenvalue weighted by molar-refractivity contribution is 0.874. The third-order valence-corrected chi connectivity index (χ3v) is 3.48. The van der Waals surface area contributed by atoms with E-state index in [9.17, 15) is 0 Å². The van der Waals surface area contributed by atoms with E-state index in [1.165, 1.54) is 17.6 Å². The number of hydrogen-bond acceptors (Lipinski definition) is 3. The van der Waals surface area contributed by atoms with Gasteiger partial charge in [-0.2, -0.15) is 5.10 Å². The lowest BCUT2D eigenvalue weighted by atomic mass is 10.1. The SMILES string of the molecule is c1ccc(Cc2cnc3cc(-n4cncn4)ccn23)cc1. The van der Waals surface area contributed by atoms with E-state index < -0.39 is 0 Å². The lowest BCUT2D eigenvalue weighted by Gasteiger charge is -2.04. The molecule has 5 nitrogen and oxygen atoms in total. The second-order valence-corrected chi connectivity index (χ2v) is 4.87. The molecular formula is C16H13N5. The number of aromatic nitrogens is 5. The van der Waals surface area contributed by atoms with Crippen LogP contribution in [0.5, 0.6) is 0 Å². The summed E-state index contributed by atoms with van der Waals surface area (Å²) in [5, 5.41) is 4.14. The van der Waals surface area contributed by atoms with Crippen LogP contribution >= 0.6 is 0 Å². The molecule has 0 aliphatic rings. The summed E-state index contributed by atoms with van der Waals surface area (Å²) in [6.45, 7) is 0. The molecule has 1 aromatic carbocycles. The Morgan fingerprint density at radius 2 is 1.95 bits per heavy atom. The fraction of sp³-hybridized carbons (Fsp3) is 0.0625. The zero-order valence-corrected chi connectivity index (χ0v) is 11.3. The molecule has 21 heavy (non-hydrogen) atoms. The third kappa shape index (κ3) is 2.18. The molecule has 0 unspecified atom stereocenters. The number of hydrogen-bond donors (Lipinski definition) is 0. The molecule has 3 aromatic heterocycles. The van der Waals surface area contributed by atoms with Gasteiger partial charge in [-0.05, 0) is 11.6 Å². The first-order valence-corrected chi connectivity index (χ1v) is 6.75. The number of fused-ring (bicyclic) bond motifs is 1. The quantitative estimate of drug-likeness (QED) is 0.577. The van der Waals surface area contributed by atoms with Gasteiger partial charge in [-0.25, -0.2) is 14.6 Å². The van der Waals surface area contributed by atoms with Crippen LogP contribution in [0, 0.1) is 0 Å². The van der Waals surface area contributed by atoms with E-state index in [4.69, 9.17) is 0 Å². The van der Waals surface area contributed by atoms with Crippen molar-refractivity contribution in [2.45, 2.75) is 6.42 Å². The Hall–Kier alpha value is -2.95. The van der Waals surface area contributed by atoms with Crippen LogP contribution in [0.25, 0.3) is 11.3 Å². The summed E-state index contributed by atoms with van der Waals surface area (Å²) in [6.07, 6.45) is 8.02. The zero-order valence-electron chi connectivity index (χ0n) is 11.3. The highest BCUT2D eigenvalue weighted by atomic mass is 15.3. The molecule has 3 heterocycles. The fourth-order valence-corrected chi connectivity index (χ4v) is 2.44. The number of nitrogens with zero attached hydrogens (tertiary/aromatic N) is 5. The molecule has 0 saturated carbocycles. The Labute approximate surface area is 121 Å². The monoisotopic (exact) mass is 275 g/mol. The topological polar surface area (TPSA) is 48.0 Å². The smallest absolute Gasteiger partial charge is 0.139 e. The molecule has 0 aliphatic carbocycles. The number of rotatable bonds is 3. The Kier molecular flexibility index (Phi) is 2.74. The van der Waals surface area contributed by atoms with Gasteiger partial charge >= 0.3 is 0 Å². The van der Waals surface area contributed by atoms with Crippen LogP contribution in [0.2, 0.25) is 0 Å². The van der Waals surface area contributed by atoms with E-state index in [0.717, 1.165) is 17.8 Å². The van der Waals surface area contributed by atoms with Gasteiger partial charge in [0.15, 0.2) is 0 Å². The second kappa shape index (κ2) is 4.86. The van der Waals surface area contributed by atoms with Crippen LogP contribution < -0.4 is 0 Å². The van der Waals surface area contributed by atoms with Gasteiger partial charge in [-0.15, -0.1) is 0 Å². The molecule has 0 radical (unpaired) electrons. The second-order valence-electron chi connectivity index (χ2n) is 4.87. The van der Waals surface area contributed by atoms with Crippen LogP contribution in [0.15, 0.2) is 67.5 Å². The van der Waals surface area contributed by atoms with E-state index in [1.54, 1.807) is 11.0 Å². The van der Waals surface area contributed by atoms with E-state index in [2.05, 4.69) is 43.7 Å². The maximum Gasteiger partial charge on any atom is 0.139 e. The van der Waals surface area contributed by atoms with Crippen LogP contribution in [0.4, 0.5) is 0 Å². The Bertz CT molecular complexity index is 862. The molecule has 0 amide bonds.